The Hall–Kier alpha value is -3.09. The van der Waals surface area contributed by atoms with Crippen LogP contribution in [0.25, 0.3) is 0 Å². The van der Waals surface area contributed by atoms with E-state index in [1.807, 2.05) is 42.5 Å². The first-order chi connectivity index (χ1) is 15.9. The van der Waals surface area contributed by atoms with E-state index < -0.39 is 11.9 Å². The fourth-order valence-electron chi connectivity index (χ4n) is 3.42. The Balaban J connectivity index is 0.000000414. The van der Waals surface area contributed by atoms with E-state index >= 15 is 0 Å². The molecule has 1 saturated heterocycles. The Labute approximate surface area is 199 Å². The van der Waals surface area contributed by atoms with Crippen molar-refractivity contribution in [2.24, 2.45) is 5.92 Å². The summed E-state index contributed by atoms with van der Waals surface area (Å²) in [5, 5.41) is 16.4. The largest absolute Gasteiger partial charge is 0.490 e. The average Bonchev–Trinajstić information content (AvgIpc) is 2.81. The van der Waals surface area contributed by atoms with Gasteiger partial charge >= 0.3 is 11.9 Å². The molecule has 0 atom stereocenters. The van der Waals surface area contributed by atoms with Gasteiger partial charge in [0.25, 0.3) is 0 Å². The molecule has 2 aromatic rings. The van der Waals surface area contributed by atoms with E-state index in [1.165, 1.54) is 37.9 Å². The van der Waals surface area contributed by atoms with Crippen LogP contribution in [-0.2, 0) is 16.0 Å². The van der Waals surface area contributed by atoms with Gasteiger partial charge < -0.3 is 14.9 Å². The first-order valence-corrected chi connectivity index (χ1v) is 11.2. The molecular formula is C26H30ClNO5. The molecule has 176 valence electrons. The second-order valence-electron chi connectivity index (χ2n) is 7.68. The number of benzene rings is 2. The number of carboxylic acid groups (broad SMARTS) is 2. The molecule has 0 spiro atoms. The zero-order valence-corrected chi connectivity index (χ0v) is 19.2. The van der Waals surface area contributed by atoms with E-state index in [0.29, 0.717) is 18.8 Å². The minimum atomic E-state index is -1.26. The number of nitrogens with zero attached hydrogens (tertiary/aromatic N) is 1. The molecule has 33 heavy (non-hydrogen) atoms. The average molecular weight is 472 g/mol. The topological polar surface area (TPSA) is 87.1 Å². The molecule has 3 rings (SSSR count). The van der Waals surface area contributed by atoms with Gasteiger partial charge in [-0.15, -0.1) is 0 Å². The summed E-state index contributed by atoms with van der Waals surface area (Å²) in [6.07, 6.45) is 9.18. The fraction of sp³-hybridized carbons (Fsp3) is 0.308. The third-order valence-corrected chi connectivity index (χ3v) is 5.38. The zero-order chi connectivity index (χ0) is 23.9. The van der Waals surface area contributed by atoms with Gasteiger partial charge in [0.1, 0.15) is 12.4 Å². The van der Waals surface area contributed by atoms with Crippen molar-refractivity contribution in [3.63, 3.8) is 0 Å². The second-order valence-corrected chi connectivity index (χ2v) is 8.12. The molecule has 0 radical (unpaired) electrons. The van der Waals surface area contributed by atoms with E-state index in [2.05, 4.69) is 29.2 Å². The van der Waals surface area contributed by atoms with Crippen LogP contribution in [0.15, 0.2) is 78.9 Å². The number of carbonyl (C=O) groups is 2. The first-order valence-electron chi connectivity index (χ1n) is 10.9. The number of carboxylic acids is 2. The highest BCUT2D eigenvalue weighted by atomic mass is 35.5. The molecule has 1 aliphatic heterocycles. The Morgan fingerprint density at radius 2 is 1.55 bits per heavy atom. The zero-order valence-electron chi connectivity index (χ0n) is 18.5. The molecule has 1 heterocycles. The predicted molar refractivity (Wildman–Crippen MR) is 130 cm³/mol. The monoisotopic (exact) mass is 471 g/mol. The number of piperidine rings is 1. The quantitative estimate of drug-likeness (QED) is 0.398. The van der Waals surface area contributed by atoms with Gasteiger partial charge in [0.05, 0.1) is 0 Å². The molecular weight excluding hydrogens is 442 g/mol. The highest BCUT2D eigenvalue weighted by Crippen LogP contribution is 2.22. The number of likely N-dealkylation sites (tertiary alicyclic amines) is 1. The summed E-state index contributed by atoms with van der Waals surface area (Å²) in [6, 6.07) is 18.3. The van der Waals surface area contributed by atoms with Crippen LogP contribution in [0.4, 0.5) is 0 Å². The molecule has 2 N–H and O–H groups in total. The van der Waals surface area contributed by atoms with Crippen LogP contribution >= 0.6 is 11.6 Å². The third kappa shape index (κ3) is 11.9. The summed E-state index contributed by atoms with van der Waals surface area (Å²) in [6.45, 7) is 4.02. The predicted octanol–water partition coefficient (Wildman–Crippen LogP) is 4.94. The second kappa shape index (κ2) is 14.9. The van der Waals surface area contributed by atoms with Crippen molar-refractivity contribution in [2.75, 3.05) is 26.2 Å². The van der Waals surface area contributed by atoms with Crippen molar-refractivity contribution >= 4 is 23.5 Å². The lowest BCUT2D eigenvalue weighted by Gasteiger charge is -2.31. The molecule has 2 aromatic carbocycles. The summed E-state index contributed by atoms with van der Waals surface area (Å²) in [7, 11) is 0. The summed E-state index contributed by atoms with van der Waals surface area (Å²) >= 11 is 5.96. The minimum absolute atomic E-state index is 0.558. The number of hydrogen-bond donors (Lipinski definition) is 2. The van der Waals surface area contributed by atoms with Gasteiger partial charge in [-0.2, -0.15) is 0 Å². The number of hydrogen-bond acceptors (Lipinski definition) is 4. The normalized spacial score (nSPS) is 14.7. The standard InChI is InChI=1S/C22H26ClNO.C4H4O4/c23-21-10-8-19(9-11-21)18-20-12-15-24(16-13-20)14-4-5-17-25-22-6-2-1-3-7-22;5-3(6)1-2-4(7)8/h1-11,20H,12-18H2;1-2H,(H,5,6)(H,7,8). The Morgan fingerprint density at radius 1 is 0.939 bits per heavy atom. The van der Waals surface area contributed by atoms with Crippen LogP contribution in [0.1, 0.15) is 18.4 Å². The van der Waals surface area contributed by atoms with E-state index in [1.54, 1.807) is 0 Å². The molecule has 0 bridgehead atoms. The Kier molecular flexibility index (Phi) is 11.8. The third-order valence-electron chi connectivity index (χ3n) is 5.13. The van der Waals surface area contributed by atoms with E-state index in [-0.39, 0.29) is 0 Å². The Morgan fingerprint density at radius 3 is 2.12 bits per heavy atom. The number of halogens is 1. The fourth-order valence-corrected chi connectivity index (χ4v) is 3.55. The number of ether oxygens (including phenoxy) is 1. The van der Waals surface area contributed by atoms with E-state index in [0.717, 1.165) is 23.2 Å². The van der Waals surface area contributed by atoms with Gasteiger partial charge in [0.2, 0.25) is 0 Å². The van der Waals surface area contributed by atoms with Crippen molar-refractivity contribution in [1.29, 1.82) is 0 Å². The first kappa shape index (κ1) is 26.2. The number of rotatable bonds is 9. The molecule has 6 nitrogen and oxygen atoms in total. The molecule has 0 amide bonds. The molecule has 0 saturated carbocycles. The van der Waals surface area contributed by atoms with Crippen LogP contribution < -0.4 is 4.74 Å². The molecule has 0 unspecified atom stereocenters. The van der Waals surface area contributed by atoms with Crippen molar-refractivity contribution < 1.29 is 24.5 Å². The van der Waals surface area contributed by atoms with Gasteiger partial charge in [-0.3, -0.25) is 4.90 Å². The minimum Gasteiger partial charge on any atom is -0.490 e. The van der Waals surface area contributed by atoms with Gasteiger partial charge in [-0.1, -0.05) is 54.1 Å². The lowest BCUT2D eigenvalue weighted by Crippen LogP contribution is -2.34. The maximum absolute atomic E-state index is 9.55. The summed E-state index contributed by atoms with van der Waals surface area (Å²) < 4.78 is 5.67. The van der Waals surface area contributed by atoms with Crippen LogP contribution in [0.5, 0.6) is 5.75 Å². The molecule has 1 fully saturated rings. The van der Waals surface area contributed by atoms with Gasteiger partial charge in [-0.25, -0.2) is 9.59 Å². The summed E-state index contributed by atoms with van der Waals surface area (Å²) in [5.74, 6) is -0.794. The van der Waals surface area contributed by atoms with Gasteiger partial charge in [-0.05, 0) is 68.1 Å². The molecule has 0 aliphatic carbocycles. The van der Waals surface area contributed by atoms with E-state index in [9.17, 15) is 9.59 Å². The highest BCUT2D eigenvalue weighted by molar-refractivity contribution is 6.30. The van der Waals surface area contributed by atoms with Gasteiger partial charge in [0.15, 0.2) is 0 Å². The van der Waals surface area contributed by atoms with Crippen molar-refractivity contribution in [2.45, 2.75) is 19.3 Å². The summed E-state index contributed by atoms with van der Waals surface area (Å²) in [5.41, 5.74) is 1.40. The lowest BCUT2D eigenvalue weighted by molar-refractivity contribution is -0.134. The maximum atomic E-state index is 9.55. The highest BCUT2D eigenvalue weighted by Gasteiger charge is 2.18. The maximum Gasteiger partial charge on any atom is 0.328 e. The number of aliphatic carboxylic acids is 2. The smallest absolute Gasteiger partial charge is 0.328 e. The molecule has 0 aromatic heterocycles. The molecule has 7 heteroatoms. The van der Waals surface area contributed by atoms with Crippen LogP contribution in [0.3, 0.4) is 0 Å². The van der Waals surface area contributed by atoms with Crippen LogP contribution in [0.2, 0.25) is 5.02 Å². The number of para-hydroxylation sites is 1. The van der Waals surface area contributed by atoms with Crippen molar-refractivity contribution in [1.82, 2.24) is 4.90 Å². The van der Waals surface area contributed by atoms with Gasteiger partial charge in [0, 0.05) is 23.7 Å². The molecule has 1 aliphatic rings. The van der Waals surface area contributed by atoms with Crippen molar-refractivity contribution in [3.8, 4) is 5.75 Å². The Bertz CT molecular complexity index is 888. The van der Waals surface area contributed by atoms with Crippen LogP contribution in [-0.4, -0.2) is 53.3 Å². The van der Waals surface area contributed by atoms with Crippen LogP contribution in [0, 0.1) is 5.92 Å². The van der Waals surface area contributed by atoms with E-state index in [4.69, 9.17) is 26.6 Å². The SMILES string of the molecule is Clc1ccc(CC2CCN(CC=CCOc3ccccc3)CC2)cc1.O=C(O)C=CC(=O)O. The summed E-state index contributed by atoms with van der Waals surface area (Å²) in [4.78, 5) is 21.6. The lowest BCUT2D eigenvalue weighted by atomic mass is 9.90. The van der Waals surface area contributed by atoms with Crippen molar-refractivity contribution in [3.05, 3.63) is 89.5 Å².